The van der Waals surface area contributed by atoms with E-state index in [1.807, 2.05) is 56.3 Å². The second-order valence-corrected chi connectivity index (χ2v) is 7.16. The van der Waals surface area contributed by atoms with Gasteiger partial charge in [0.05, 0.1) is 25.7 Å². The normalized spacial score (nSPS) is 29.1. The topological polar surface area (TPSA) is 71.1 Å². The largest absolute Gasteiger partial charge is 0.463 e. The number of cyclic esters (lactones) is 2. The third-order valence-corrected chi connectivity index (χ3v) is 4.63. The van der Waals surface area contributed by atoms with Gasteiger partial charge in [-0.3, -0.25) is 4.79 Å². The zero-order valence-electron chi connectivity index (χ0n) is 17.3. The van der Waals surface area contributed by atoms with Crippen molar-refractivity contribution in [2.45, 2.75) is 39.1 Å². The molecule has 1 aromatic rings. The summed E-state index contributed by atoms with van der Waals surface area (Å²) in [5, 5.41) is 0. The molecule has 29 heavy (non-hydrogen) atoms. The quantitative estimate of drug-likeness (QED) is 0.567. The summed E-state index contributed by atoms with van der Waals surface area (Å²) in [5.41, 5.74) is 0.968. The van der Waals surface area contributed by atoms with Crippen molar-refractivity contribution in [3.63, 3.8) is 0 Å². The van der Waals surface area contributed by atoms with Gasteiger partial charge >= 0.3 is 11.9 Å². The van der Waals surface area contributed by atoms with Crippen LogP contribution in [0.5, 0.6) is 0 Å². The van der Waals surface area contributed by atoms with Crippen LogP contribution in [0.2, 0.25) is 0 Å². The molecule has 0 aliphatic carbocycles. The molecule has 0 bridgehead atoms. The molecule has 2 rings (SSSR count). The van der Waals surface area contributed by atoms with Crippen LogP contribution in [-0.2, 0) is 35.1 Å². The van der Waals surface area contributed by atoms with Crippen LogP contribution in [0, 0.1) is 11.8 Å². The van der Waals surface area contributed by atoms with Gasteiger partial charge in [0.15, 0.2) is 6.10 Å². The Bertz CT molecular complexity index is 697. The van der Waals surface area contributed by atoms with Gasteiger partial charge in [0, 0.05) is 18.9 Å². The molecule has 4 atom stereocenters. The van der Waals surface area contributed by atoms with E-state index in [2.05, 4.69) is 0 Å². The van der Waals surface area contributed by atoms with Crippen LogP contribution in [-0.4, -0.2) is 44.5 Å². The number of hydrogen-bond acceptors (Lipinski definition) is 6. The van der Waals surface area contributed by atoms with Gasteiger partial charge in [-0.25, -0.2) is 4.79 Å². The van der Waals surface area contributed by atoms with E-state index < -0.39 is 12.1 Å². The van der Waals surface area contributed by atoms with Crippen LogP contribution < -0.4 is 0 Å². The zero-order chi connectivity index (χ0) is 21.1. The second-order valence-electron chi connectivity index (χ2n) is 7.16. The molecule has 1 aliphatic rings. The molecule has 0 saturated heterocycles. The Morgan fingerprint density at radius 2 is 1.76 bits per heavy atom. The van der Waals surface area contributed by atoms with Crippen LogP contribution in [0.15, 0.2) is 54.6 Å². The number of hydrogen-bond donors (Lipinski definition) is 0. The van der Waals surface area contributed by atoms with E-state index in [-0.39, 0.29) is 43.5 Å². The van der Waals surface area contributed by atoms with Crippen LogP contribution >= 0.6 is 0 Å². The Labute approximate surface area is 172 Å². The summed E-state index contributed by atoms with van der Waals surface area (Å²) in [7, 11) is 1.57. The fraction of sp³-hybridized carbons (Fsp3) is 0.478. The first-order valence-corrected chi connectivity index (χ1v) is 9.85. The molecule has 6 heteroatoms. The first kappa shape index (κ1) is 22.8. The highest BCUT2D eigenvalue weighted by atomic mass is 16.6. The van der Waals surface area contributed by atoms with Gasteiger partial charge in [-0.05, 0) is 11.6 Å². The van der Waals surface area contributed by atoms with Crippen molar-refractivity contribution >= 4 is 11.9 Å². The molecule has 1 aliphatic heterocycles. The second kappa shape index (κ2) is 12.2. The lowest BCUT2D eigenvalue weighted by Crippen LogP contribution is -2.28. The van der Waals surface area contributed by atoms with Gasteiger partial charge in [-0.2, -0.15) is 0 Å². The summed E-state index contributed by atoms with van der Waals surface area (Å²) in [6.07, 6.45) is 6.09. The number of methoxy groups -OCH3 is 1. The van der Waals surface area contributed by atoms with E-state index in [9.17, 15) is 9.59 Å². The van der Waals surface area contributed by atoms with E-state index in [1.54, 1.807) is 19.3 Å². The maximum atomic E-state index is 12.6. The van der Waals surface area contributed by atoms with Crippen molar-refractivity contribution in [3.8, 4) is 0 Å². The summed E-state index contributed by atoms with van der Waals surface area (Å²) in [6.45, 7) is 4.48. The van der Waals surface area contributed by atoms with Crippen LogP contribution in [0.1, 0.15) is 25.8 Å². The molecule has 0 aromatic heterocycles. The van der Waals surface area contributed by atoms with Gasteiger partial charge in [0.1, 0.15) is 6.61 Å². The fourth-order valence-electron chi connectivity index (χ4n) is 2.78. The van der Waals surface area contributed by atoms with Crippen molar-refractivity contribution in [2.75, 3.05) is 20.3 Å². The molecule has 6 nitrogen and oxygen atoms in total. The maximum Gasteiger partial charge on any atom is 0.339 e. The van der Waals surface area contributed by atoms with E-state index in [4.69, 9.17) is 18.9 Å². The van der Waals surface area contributed by atoms with Gasteiger partial charge in [0.25, 0.3) is 0 Å². The van der Waals surface area contributed by atoms with Gasteiger partial charge in [0.2, 0.25) is 0 Å². The smallest absolute Gasteiger partial charge is 0.339 e. The SMILES string of the molecule is CO[C@H]1COC(=O)C/C=C/[C@@H](C)COC(=O)[C@@H](OCc2ccccc2)/C=C/[C@@H]1C. The van der Waals surface area contributed by atoms with Crippen LogP contribution in [0.3, 0.4) is 0 Å². The molecule has 0 unspecified atom stereocenters. The Hall–Kier alpha value is -2.44. The van der Waals surface area contributed by atoms with E-state index in [0.29, 0.717) is 6.61 Å². The first-order chi connectivity index (χ1) is 14.0. The molecule has 1 aromatic carbocycles. The highest BCUT2D eigenvalue weighted by Gasteiger charge is 2.22. The molecule has 158 valence electrons. The first-order valence-electron chi connectivity index (χ1n) is 9.85. The zero-order valence-corrected chi connectivity index (χ0v) is 17.3. The lowest BCUT2D eigenvalue weighted by atomic mass is 10.0. The predicted octanol–water partition coefficient (Wildman–Crippen LogP) is 3.46. The van der Waals surface area contributed by atoms with E-state index in [1.165, 1.54) is 0 Å². The van der Waals surface area contributed by atoms with Gasteiger partial charge in [-0.15, -0.1) is 0 Å². The highest BCUT2D eigenvalue weighted by molar-refractivity contribution is 5.77. The molecule has 1 heterocycles. The van der Waals surface area contributed by atoms with Gasteiger partial charge in [-0.1, -0.05) is 62.4 Å². The van der Waals surface area contributed by atoms with Crippen molar-refractivity contribution in [1.82, 2.24) is 0 Å². The third kappa shape index (κ3) is 8.21. The Morgan fingerprint density at radius 3 is 2.48 bits per heavy atom. The van der Waals surface area contributed by atoms with Crippen molar-refractivity contribution in [3.05, 3.63) is 60.2 Å². The molecule has 0 N–H and O–H groups in total. The van der Waals surface area contributed by atoms with Crippen LogP contribution in [0.4, 0.5) is 0 Å². The Morgan fingerprint density at radius 1 is 1.00 bits per heavy atom. The molecular weight excluding hydrogens is 372 g/mol. The Kier molecular flexibility index (Phi) is 9.60. The minimum Gasteiger partial charge on any atom is -0.463 e. The van der Waals surface area contributed by atoms with Crippen molar-refractivity contribution in [1.29, 1.82) is 0 Å². The summed E-state index contributed by atoms with van der Waals surface area (Å²) >= 11 is 0. The summed E-state index contributed by atoms with van der Waals surface area (Å²) in [4.78, 5) is 24.5. The molecule has 0 saturated carbocycles. The van der Waals surface area contributed by atoms with Crippen molar-refractivity contribution in [2.24, 2.45) is 11.8 Å². The fourth-order valence-corrected chi connectivity index (χ4v) is 2.78. The predicted molar refractivity (Wildman–Crippen MR) is 109 cm³/mol. The molecule has 0 radical (unpaired) electrons. The van der Waals surface area contributed by atoms with Crippen molar-refractivity contribution < 1.29 is 28.5 Å². The maximum absolute atomic E-state index is 12.6. The number of benzene rings is 1. The average Bonchev–Trinajstić information content (AvgIpc) is 2.72. The average molecular weight is 402 g/mol. The summed E-state index contributed by atoms with van der Waals surface area (Å²) in [5.74, 6) is -0.882. The summed E-state index contributed by atoms with van der Waals surface area (Å²) < 4.78 is 22.0. The highest BCUT2D eigenvalue weighted by Crippen LogP contribution is 2.14. The van der Waals surface area contributed by atoms with Crippen LogP contribution in [0.25, 0.3) is 0 Å². The summed E-state index contributed by atoms with van der Waals surface area (Å²) in [6, 6.07) is 9.64. The molecule has 0 spiro atoms. The number of esters is 2. The van der Waals surface area contributed by atoms with E-state index in [0.717, 1.165) is 5.56 Å². The lowest BCUT2D eigenvalue weighted by Gasteiger charge is -2.20. The molecule has 0 amide bonds. The number of carbonyl (C=O) groups excluding carboxylic acids is 2. The number of rotatable bonds is 4. The third-order valence-electron chi connectivity index (χ3n) is 4.63. The molecular formula is C23H30O6. The standard InChI is InChI=1S/C23H30O6/c1-17-8-7-11-22(24)28-16-21(26-3)18(2)12-13-20(23(25)29-14-17)27-15-19-9-5-4-6-10-19/h4-10,12-13,17-18,20-21H,11,14-16H2,1-3H3/b8-7+,13-12+/t17-,18+,20+,21+/m1/s1. The Balaban J connectivity index is 2.14. The van der Waals surface area contributed by atoms with E-state index >= 15 is 0 Å². The lowest BCUT2D eigenvalue weighted by molar-refractivity contribution is -0.155. The monoisotopic (exact) mass is 402 g/mol. The molecule has 0 fully saturated rings. The number of ether oxygens (including phenoxy) is 4. The minimum absolute atomic E-state index is 0.0266. The minimum atomic E-state index is -0.834. The van der Waals surface area contributed by atoms with Gasteiger partial charge < -0.3 is 18.9 Å². The number of carbonyl (C=O) groups is 2.